The van der Waals surface area contributed by atoms with Crippen molar-refractivity contribution in [1.29, 1.82) is 0 Å². The second kappa shape index (κ2) is 8.89. The zero-order valence-corrected chi connectivity index (χ0v) is 15.5. The van der Waals surface area contributed by atoms with Gasteiger partial charge in [-0.25, -0.2) is 0 Å². The maximum absolute atomic E-state index is 12.1. The van der Waals surface area contributed by atoms with Gasteiger partial charge in [-0.05, 0) is 44.0 Å². The Hall–Kier alpha value is -3.02. The third-order valence-corrected chi connectivity index (χ3v) is 4.10. The third-order valence-electron chi connectivity index (χ3n) is 4.10. The maximum atomic E-state index is 12.1. The molecule has 0 bridgehead atoms. The van der Waals surface area contributed by atoms with Crippen LogP contribution in [0.4, 0.5) is 0 Å². The Morgan fingerprint density at radius 2 is 1.69 bits per heavy atom. The summed E-state index contributed by atoms with van der Waals surface area (Å²) in [6.45, 7) is 5.54. The van der Waals surface area contributed by atoms with E-state index < -0.39 is 12.0 Å². The number of rotatable bonds is 6. The minimum atomic E-state index is -0.748. The van der Waals surface area contributed by atoms with Gasteiger partial charge in [0.25, 0.3) is 5.91 Å². The van der Waals surface area contributed by atoms with Crippen LogP contribution in [0.2, 0.25) is 0 Å². The van der Waals surface area contributed by atoms with Gasteiger partial charge in [0.1, 0.15) is 11.5 Å². The smallest absolute Gasteiger partial charge is 0.279 e. The monoisotopic (exact) mass is 356 g/mol. The first-order chi connectivity index (χ1) is 12.4. The summed E-state index contributed by atoms with van der Waals surface area (Å²) in [5.74, 6) is 0.495. The number of amides is 2. The van der Waals surface area contributed by atoms with Crippen LogP contribution in [0.1, 0.15) is 23.6 Å². The second-order valence-corrected chi connectivity index (χ2v) is 5.98. The number of hydrogen-bond acceptors (Lipinski definition) is 4. The number of carbonyl (C=O) groups excluding carboxylic acids is 2. The molecule has 0 aliphatic heterocycles. The number of methoxy groups -OCH3 is 1. The van der Waals surface area contributed by atoms with E-state index in [0.717, 1.165) is 16.7 Å². The Morgan fingerprint density at radius 3 is 2.42 bits per heavy atom. The molecule has 2 N–H and O–H groups in total. The summed E-state index contributed by atoms with van der Waals surface area (Å²) in [7, 11) is 1.55. The van der Waals surface area contributed by atoms with Gasteiger partial charge in [-0.15, -0.1) is 0 Å². The minimum absolute atomic E-state index is 0.0938. The number of ether oxygens (including phenoxy) is 2. The van der Waals surface area contributed by atoms with Gasteiger partial charge in [-0.2, -0.15) is 0 Å². The molecule has 0 saturated carbocycles. The van der Waals surface area contributed by atoms with Crippen LogP contribution in [0, 0.1) is 13.8 Å². The van der Waals surface area contributed by atoms with Crippen LogP contribution in [0.5, 0.6) is 11.5 Å². The summed E-state index contributed by atoms with van der Waals surface area (Å²) in [4.78, 5) is 24.2. The van der Waals surface area contributed by atoms with Crippen LogP contribution in [-0.2, 0) is 16.0 Å². The lowest BCUT2D eigenvalue weighted by atomic mass is 10.1. The Labute approximate surface area is 153 Å². The predicted octanol–water partition coefficient (Wildman–Crippen LogP) is 2.47. The number of para-hydroxylation sites is 1. The summed E-state index contributed by atoms with van der Waals surface area (Å²) in [5.41, 5.74) is 7.59. The zero-order chi connectivity index (χ0) is 19.1. The number of nitrogens with one attached hydrogen (secondary N) is 2. The molecule has 0 fully saturated rings. The van der Waals surface area contributed by atoms with E-state index in [0.29, 0.717) is 11.5 Å². The van der Waals surface area contributed by atoms with E-state index in [9.17, 15) is 9.59 Å². The first-order valence-corrected chi connectivity index (χ1v) is 8.35. The Morgan fingerprint density at radius 1 is 1.00 bits per heavy atom. The molecule has 6 nitrogen and oxygen atoms in total. The van der Waals surface area contributed by atoms with Gasteiger partial charge in [-0.1, -0.05) is 30.3 Å². The highest BCUT2D eigenvalue weighted by Gasteiger charge is 2.17. The highest BCUT2D eigenvalue weighted by molar-refractivity contribution is 5.85. The van der Waals surface area contributed by atoms with Crippen molar-refractivity contribution >= 4 is 11.8 Å². The van der Waals surface area contributed by atoms with E-state index in [1.807, 2.05) is 44.2 Å². The van der Waals surface area contributed by atoms with Gasteiger partial charge >= 0.3 is 0 Å². The average molecular weight is 356 g/mol. The lowest BCUT2D eigenvalue weighted by Gasteiger charge is -2.17. The second-order valence-electron chi connectivity index (χ2n) is 5.98. The highest BCUT2D eigenvalue weighted by Crippen LogP contribution is 2.21. The molecule has 26 heavy (non-hydrogen) atoms. The maximum Gasteiger partial charge on any atom is 0.279 e. The van der Waals surface area contributed by atoms with Crippen LogP contribution in [0.15, 0.2) is 42.5 Å². The molecule has 2 amide bonds. The van der Waals surface area contributed by atoms with Gasteiger partial charge in [0.2, 0.25) is 5.91 Å². The van der Waals surface area contributed by atoms with Crippen LogP contribution >= 0.6 is 0 Å². The van der Waals surface area contributed by atoms with E-state index in [4.69, 9.17) is 9.47 Å². The van der Waals surface area contributed by atoms with Crippen molar-refractivity contribution < 1.29 is 19.1 Å². The molecular weight excluding hydrogens is 332 g/mol. The van der Waals surface area contributed by atoms with Gasteiger partial charge in [0.05, 0.1) is 13.5 Å². The topological polar surface area (TPSA) is 76.7 Å². The van der Waals surface area contributed by atoms with Crippen LogP contribution in [0.3, 0.4) is 0 Å². The summed E-state index contributed by atoms with van der Waals surface area (Å²) < 4.78 is 10.9. The van der Waals surface area contributed by atoms with E-state index in [1.54, 1.807) is 26.2 Å². The van der Waals surface area contributed by atoms with Crippen molar-refractivity contribution in [3.8, 4) is 11.5 Å². The van der Waals surface area contributed by atoms with E-state index in [2.05, 4.69) is 10.9 Å². The van der Waals surface area contributed by atoms with Crippen LogP contribution in [0.25, 0.3) is 0 Å². The summed E-state index contributed by atoms with van der Waals surface area (Å²) >= 11 is 0. The van der Waals surface area contributed by atoms with Crippen molar-refractivity contribution in [3.63, 3.8) is 0 Å². The largest absolute Gasteiger partial charge is 0.496 e. The van der Waals surface area contributed by atoms with Gasteiger partial charge in [0, 0.05) is 5.56 Å². The molecule has 0 aromatic heterocycles. The number of hydrazine groups is 1. The third kappa shape index (κ3) is 4.99. The van der Waals surface area contributed by atoms with Crippen molar-refractivity contribution in [2.24, 2.45) is 0 Å². The number of carbonyl (C=O) groups is 2. The molecule has 1 unspecified atom stereocenters. The molecule has 6 heteroatoms. The lowest BCUT2D eigenvalue weighted by Crippen LogP contribution is -2.47. The van der Waals surface area contributed by atoms with E-state index in [1.165, 1.54) is 0 Å². The fourth-order valence-corrected chi connectivity index (χ4v) is 2.39. The molecule has 0 aliphatic carbocycles. The lowest BCUT2D eigenvalue weighted by molar-refractivity contribution is -0.132. The van der Waals surface area contributed by atoms with Crippen LogP contribution in [-0.4, -0.2) is 25.0 Å². The fourth-order valence-electron chi connectivity index (χ4n) is 2.39. The SMILES string of the molecule is COc1ccccc1CC(=O)NNC(=O)C(C)Oc1cccc(C)c1C. The van der Waals surface area contributed by atoms with Crippen molar-refractivity contribution in [2.45, 2.75) is 33.3 Å². The van der Waals surface area contributed by atoms with Crippen LogP contribution < -0.4 is 20.3 Å². The molecule has 0 spiro atoms. The quantitative estimate of drug-likeness (QED) is 0.780. The standard InChI is InChI=1S/C20H24N2O4/c1-13-8-7-11-17(14(13)2)26-15(3)20(24)22-21-19(23)12-16-9-5-6-10-18(16)25-4/h5-11,15H,12H2,1-4H3,(H,21,23)(H,22,24). The van der Waals surface area contributed by atoms with Gasteiger partial charge in [-0.3, -0.25) is 20.4 Å². The Balaban J connectivity index is 1.87. The van der Waals surface area contributed by atoms with Gasteiger partial charge in [0.15, 0.2) is 6.10 Å². The number of hydrogen-bond donors (Lipinski definition) is 2. The van der Waals surface area contributed by atoms with Crippen molar-refractivity contribution in [2.75, 3.05) is 7.11 Å². The summed E-state index contributed by atoms with van der Waals surface area (Å²) in [6.07, 6.45) is -0.654. The molecule has 0 radical (unpaired) electrons. The van der Waals surface area contributed by atoms with Crippen molar-refractivity contribution in [1.82, 2.24) is 10.9 Å². The molecule has 0 heterocycles. The molecular formula is C20H24N2O4. The Bertz CT molecular complexity index is 789. The number of aryl methyl sites for hydroxylation is 1. The zero-order valence-electron chi connectivity index (χ0n) is 15.5. The highest BCUT2D eigenvalue weighted by atomic mass is 16.5. The fraction of sp³-hybridized carbons (Fsp3) is 0.300. The summed E-state index contributed by atoms with van der Waals surface area (Å²) in [5, 5.41) is 0. The average Bonchev–Trinajstić information content (AvgIpc) is 2.63. The summed E-state index contributed by atoms with van der Waals surface area (Å²) in [6, 6.07) is 12.9. The predicted molar refractivity (Wildman–Crippen MR) is 99.0 cm³/mol. The first kappa shape index (κ1) is 19.3. The van der Waals surface area contributed by atoms with E-state index >= 15 is 0 Å². The van der Waals surface area contributed by atoms with Gasteiger partial charge < -0.3 is 9.47 Å². The molecule has 0 aliphatic rings. The number of benzene rings is 2. The normalized spacial score (nSPS) is 11.4. The molecule has 2 aromatic rings. The minimum Gasteiger partial charge on any atom is -0.496 e. The first-order valence-electron chi connectivity index (χ1n) is 8.35. The molecule has 0 saturated heterocycles. The molecule has 138 valence electrons. The van der Waals surface area contributed by atoms with E-state index in [-0.39, 0.29) is 12.3 Å². The molecule has 1 atom stereocenters. The Kier molecular flexibility index (Phi) is 6.60. The van der Waals surface area contributed by atoms with Crippen molar-refractivity contribution in [3.05, 3.63) is 59.2 Å². The molecule has 2 rings (SSSR count). The molecule has 2 aromatic carbocycles.